The van der Waals surface area contributed by atoms with Crippen molar-refractivity contribution in [2.75, 3.05) is 24.2 Å². The third-order valence-corrected chi connectivity index (χ3v) is 5.39. The zero-order valence-electron chi connectivity index (χ0n) is 17.2. The van der Waals surface area contributed by atoms with Gasteiger partial charge in [-0.2, -0.15) is 0 Å². The van der Waals surface area contributed by atoms with E-state index in [4.69, 9.17) is 4.55 Å². The molecule has 0 heterocycles. The molecule has 0 aliphatic heterocycles. The van der Waals surface area contributed by atoms with Gasteiger partial charge in [-0.15, -0.1) is 0 Å². The van der Waals surface area contributed by atoms with Crippen molar-refractivity contribution in [1.29, 1.82) is 0 Å². The van der Waals surface area contributed by atoms with Gasteiger partial charge in [0.05, 0.1) is 0 Å². The number of amides is 1. The van der Waals surface area contributed by atoms with Crippen LogP contribution in [0.2, 0.25) is 0 Å². The summed E-state index contributed by atoms with van der Waals surface area (Å²) in [7, 11) is 0. The molecule has 0 saturated carbocycles. The van der Waals surface area contributed by atoms with Crippen LogP contribution in [0.4, 0.5) is 10.1 Å². The monoisotopic (exact) mass is 413 g/mol. The fourth-order valence-electron chi connectivity index (χ4n) is 3.52. The number of halogens is 1. The lowest BCUT2D eigenvalue weighted by molar-refractivity contribution is -0.105. The van der Waals surface area contributed by atoms with E-state index < -0.39 is 0 Å². The molecule has 160 valence electrons. The third kappa shape index (κ3) is 9.87. The number of carbonyl (C=O) groups excluding carboxylic acids is 1. The highest BCUT2D eigenvalue weighted by Crippen LogP contribution is 2.21. The Bertz CT molecular complexity index is 548. The van der Waals surface area contributed by atoms with E-state index in [1.54, 1.807) is 12.1 Å². The highest BCUT2D eigenvalue weighted by Gasteiger charge is 2.14. The Hall–Kier alpha value is -1.15. The average molecular weight is 414 g/mol. The van der Waals surface area contributed by atoms with E-state index in [0.717, 1.165) is 69.4 Å². The molecule has 1 aromatic rings. The molecule has 2 atom stereocenters. The predicted octanol–water partition coefficient (Wildman–Crippen LogP) is 4.44. The number of benzene rings is 1. The molecule has 7 heteroatoms. The van der Waals surface area contributed by atoms with Crippen molar-refractivity contribution in [3.8, 4) is 0 Å². The number of rotatable bonds is 17. The van der Waals surface area contributed by atoms with Crippen LogP contribution in [-0.4, -0.2) is 41.9 Å². The lowest BCUT2D eigenvalue weighted by atomic mass is 9.99. The highest BCUT2D eigenvalue weighted by molar-refractivity contribution is 7.93. The summed E-state index contributed by atoms with van der Waals surface area (Å²) in [4.78, 5) is 10.8. The maximum absolute atomic E-state index is 14.2. The quantitative estimate of drug-likeness (QED) is 0.173. The molecule has 1 aromatic carbocycles. The number of anilines is 1. The molecular formula is C21H36FN3O2S. The minimum atomic E-state index is -0.268. The van der Waals surface area contributed by atoms with E-state index in [9.17, 15) is 9.18 Å². The van der Waals surface area contributed by atoms with Crippen LogP contribution in [0.15, 0.2) is 18.2 Å². The van der Waals surface area contributed by atoms with E-state index in [2.05, 4.69) is 29.8 Å². The van der Waals surface area contributed by atoms with E-state index in [1.807, 2.05) is 0 Å². The van der Waals surface area contributed by atoms with E-state index in [1.165, 1.54) is 6.07 Å². The summed E-state index contributed by atoms with van der Waals surface area (Å²) in [5.74, 6) is 0.504. The second-order valence-corrected chi connectivity index (χ2v) is 7.69. The minimum Gasteiger partial charge on any atom is -0.330 e. The molecule has 0 aliphatic rings. The topological polar surface area (TPSA) is 73.4 Å². The number of nitrogens with one attached hydrogen (secondary N) is 3. The van der Waals surface area contributed by atoms with Crippen LogP contribution in [0.25, 0.3) is 0 Å². The molecule has 5 nitrogen and oxygen atoms in total. The van der Waals surface area contributed by atoms with Gasteiger partial charge in [-0.05, 0) is 75.8 Å². The first-order chi connectivity index (χ1) is 13.7. The maximum atomic E-state index is 14.2. The summed E-state index contributed by atoms with van der Waals surface area (Å²) in [5.41, 5.74) is 1.13. The molecule has 1 amide bonds. The molecule has 0 aliphatic carbocycles. The molecule has 4 N–H and O–H groups in total. The summed E-state index contributed by atoms with van der Waals surface area (Å²) in [6.07, 6.45) is 7.20. The van der Waals surface area contributed by atoms with Crippen molar-refractivity contribution < 1.29 is 13.7 Å². The van der Waals surface area contributed by atoms with Gasteiger partial charge in [0.1, 0.15) is 5.82 Å². The summed E-state index contributed by atoms with van der Waals surface area (Å²) >= 11 is 0.906. The summed E-state index contributed by atoms with van der Waals surface area (Å²) < 4.78 is 23.1. The minimum absolute atomic E-state index is 0.268. The smallest absolute Gasteiger partial charge is 0.211 e. The zero-order valence-corrected chi connectivity index (χ0v) is 18.0. The first-order valence-corrected chi connectivity index (χ1v) is 11.3. The molecule has 0 bridgehead atoms. The molecule has 0 aromatic heterocycles. The second-order valence-electron chi connectivity index (χ2n) is 7.03. The van der Waals surface area contributed by atoms with Crippen molar-refractivity contribution in [2.45, 2.75) is 70.9 Å². The van der Waals surface area contributed by atoms with Crippen molar-refractivity contribution in [3.63, 3.8) is 0 Å². The molecule has 0 radical (unpaired) electrons. The SMILES string of the molecule is CCCC(CCc1c(F)cccc1NC=O)NCCC(CCCSO)NCC. The Morgan fingerprint density at radius 2 is 1.93 bits per heavy atom. The summed E-state index contributed by atoms with van der Waals surface area (Å²) in [6, 6.07) is 5.56. The first kappa shape index (κ1) is 24.9. The predicted molar refractivity (Wildman–Crippen MR) is 118 cm³/mol. The van der Waals surface area contributed by atoms with Crippen molar-refractivity contribution >= 4 is 24.1 Å². The molecule has 1 rings (SSSR count). The van der Waals surface area contributed by atoms with Crippen LogP contribution >= 0.6 is 12.0 Å². The van der Waals surface area contributed by atoms with Crippen LogP contribution in [0, 0.1) is 5.82 Å². The van der Waals surface area contributed by atoms with Crippen molar-refractivity contribution in [3.05, 3.63) is 29.6 Å². The number of hydrogen-bond acceptors (Lipinski definition) is 5. The van der Waals surface area contributed by atoms with E-state index in [0.29, 0.717) is 36.2 Å². The van der Waals surface area contributed by atoms with Crippen LogP contribution in [0.3, 0.4) is 0 Å². The third-order valence-electron chi connectivity index (χ3n) is 4.92. The van der Waals surface area contributed by atoms with Gasteiger partial charge in [0.15, 0.2) is 0 Å². The standard InChI is InChI=1S/C21H36FN3O2S/c1-3-7-17(24-14-13-18(23-4-2)8-6-15-28-27)11-12-19-20(22)9-5-10-21(19)25-16-26/h5,9-10,16-18,23-24,27H,3-4,6-8,11-15H2,1-2H3,(H,25,26). The Kier molecular flexibility index (Phi) is 14.0. The van der Waals surface area contributed by atoms with E-state index >= 15 is 0 Å². The van der Waals surface area contributed by atoms with Gasteiger partial charge in [0.25, 0.3) is 0 Å². The largest absolute Gasteiger partial charge is 0.330 e. The number of hydrogen-bond donors (Lipinski definition) is 4. The highest BCUT2D eigenvalue weighted by atomic mass is 32.2. The first-order valence-electron chi connectivity index (χ1n) is 10.4. The van der Waals surface area contributed by atoms with E-state index in [-0.39, 0.29) is 5.82 Å². The van der Waals surface area contributed by atoms with Gasteiger partial charge >= 0.3 is 0 Å². The van der Waals surface area contributed by atoms with Crippen LogP contribution < -0.4 is 16.0 Å². The van der Waals surface area contributed by atoms with Gasteiger partial charge in [-0.3, -0.25) is 4.79 Å². The lowest BCUT2D eigenvalue weighted by Crippen LogP contribution is -2.36. The van der Waals surface area contributed by atoms with Gasteiger partial charge in [0.2, 0.25) is 6.41 Å². The normalized spacial score (nSPS) is 13.3. The Labute approximate surface area is 173 Å². The van der Waals surface area contributed by atoms with Gasteiger partial charge < -0.3 is 20.5 Å². The van der Waals surface area contributed by atoms with Gasteiger partial charge in [0, 0.05) is 29.1 Å². The molecule has 28 heavy (non-hydrogen) atoms. The van der Waals surface area contributed by atoms with Crippen LogP contribution in [0.5, 0.6) is 0 Å². The Morgan fingerprint density at radius 3 is 2.61 bits per heavy atom. The molecule has 0 saturated heterocycles. The lowest BCUT2D eigenvalue weighted by Gasteiger charge is -2.22. The maximum Gasteiger partial charge on any atom is 0.211 e. The van der Waals surface area contributed by atoms with Gasteiger partial charge in [-0.25, -0.2) is 4.39 Å². The summed E-state index contributed by atoms with van der Waals surface area (Å²) in [6.45, 7) is 6.12. The molecule has 0 fully saturated rings. The van der Waals surface area contributed by atoms with Gasteiger partial charge in [-0.1, -0.05) is 26.3 Å². The average Bonchev–Trinajstić information content (AvgIpc) is 2.68. The Morgan fingerprint density at radius 1 is 1.14 bits per heavy atom. The molecule has 0 spiro atoms. The zero-order chi connectivity index (χ0) is 20.6. The van der Waals surface area contributed by atoms with Crippen molar-refractivity contribution in [1.82, 2.24) is 10.6 Å². The molecule has 2 unspecified atom stereocenters. The Balaban J connectivity index is 2.53. The fraction of sp³-hybridized carbons (Fsp3) is 0.667. The molecular weight excluding hydrogens is 377 g/mol. The number of carbonyl (C=O) groups is 1. The second kappa shape index (κ2) is 15.7. The summed E-state index contributed by atoms with van der Waals surface area (Å²) in [5, 5.41) is 9.75. The fourth-order valence-corrected chi connectivity index (χ4v) is 3.82. The van der Waals surface area contributed by atoms with Crippen LogP contribution in [-0.2, 0) is 11.2 Å². The van der Waals surface area contributed by atoms with Crippen LogP contribution in [0.1, 0.15) is 57.9 Å². The van der Waals surface area contributed by atoms with Crippen molar-refractivity contribution in [2.24, 2.45) is 0 Å².